The van der Waals surface area contributed by atoms with Gasteiger partial charge in [-0.25, -0.2) is 0 Å². The number of thiophene rings is 1. The molecule has 19 heavy (non-hydrogen) atoms. The van der Waals surface area contributed by atoms with Gasteiger partial charge in [0.2, 0.25) is 0 Å². The SMILES string of the molecule is CC(O)(c1cccs1)C1(C#N)CCc2ccccc21. The molecular formula is C16H15NOS. The second kappa shape index (κ2) is 4.19. The van der Waals surface area contributed by atoms with E-state index in [-0.39, 0.29) is 0 Å². The summed E-state index contributed by atoms with van der Waals surface area (Å²) in [5, 5.41) is 22.8. The van der Waals surface area contributed by atoms with Crippen molar-refractivity contribution in [2.45, 2.75) is 30.8 Å². The summed E-state index contributed by atoms with van der Waals surface area (Å²) >= 11 is 1.50. The topological polar surface area (TPSA) is 44.0 Å². The van der Waals surface area contributed by atoms with Crippen LogP contribution >= 0.6 is 11.3 Å². The van der Waals surface area contributed by atoms with Crippen LogP contribution in [0.15, 0.2) is 41.8 Å². The van der Waals surface area contributed by atoms with Crippen molar-refractivity contribution in [2.24, 2.45) is 0 Å². The summed E-state index contributed by atoms with van der Waals surface area (Å²) in [4.78, 5) is 0.853. The van der Waals surface area contributed by atoms with Gasteiger partial charge in [0.25, 0.3) is 0 Å². The summed E-state index contributed by atoms with van der Waals surface area (Å²) in [7, 11) is 0. The summed E-state index contributed by atoms with van der Waals surface area (Å²) in [5.74, 6) is 0. The molecule has 0 saturated heterocycles. The number of hydrogen-bond acceptors (Lipinski definition) is 3. The van der Waals surface area contributed by atoms with Crippen LogP contribution in [0.1, 0.15) is 29.3 Å². The first-order valence-electron chi connectivity index (χ1n) is 6.38. The van der Waals surface area contributed by atoms with Crippen LogP contribution in [0.25, 0.3) is 0 Å². The third-order valence-electron chi connectivity index (χ3n) is 4.27. The molecule has 0 saturated carbocycles. The monoisotopic (exact) mass is 269 g/mol. The fraction of sp³-hybridized carbons (Fsp3) is 0.312. The van der Waals surface area contributed by atoms with Crippen LogP contribution in [-0.4, -0.2) is 5.11 Å². The van der Waals surface area contributed by atoms with Crippen LogP contribution in [-0.2, 0) is 17.4 Å². The number of nitriles is 1. The van der Waals surface area contributed by atoms with Gasteiger partial charge in [0, 0.05) is 4.88 Å². The smallest absolute Gasteiger partial charge is 0.119 e. The molecule has 96 valence electrons. The average molecular weight is 269 g/mol. The minimum atomic E-state index is -1.15. The number of aliphatic hydroxyl groups is 1. The van der Waals surface area contributed by atoms with Crippen molar-refractivity contribution >= 4 is 11.3 Å². The minimum Gasteiger partial charge on any atom is -0.383 e. The zero-order valence-corrected chi connectivity index (χ0v) is 11.6. The molecule has 1 aromatic carbocycles. The van der Waals surface area contributed by atoms with Crippen molar-refractivity contribution in [2.75, 3.05) is 0 Å². The zero-order chi connectivity index (χ0) is 13.5. The van der Waals surface area contributed by atoms with Gasteiger partial charge < -0.3 is 5.11 Å². The van der Waals surface area contributed by atoms with Crippen LogP contribution in [0.3, 0.4) is 0 Å². The molecule has 0 aliphatic heterocycles. The van der Waals surface area contributed by atoms with Crippen LogP contribution in [0, 0.1) is 11.3 Å². The summed E-state index contributed by atoms with van der Waals surface area (Å²) < 4.78 is 0. The fourth-order valence-electron chi connectivity index (χ4n) is 3.11. The van der Waals surface area contributed by atoms with Crippen molar-refractivity contribution in [3.05, 3.63) is 57.8 Å². The second-order valence-electron chi connectivity index (χ2n) is 5.22. The summed E-state index contributed by atoms with van der Waals surface area (Å²) in [6.45, 7) is 1.77. The molecule has 1 aliphatic carbocycles. The number of hydrogen-bond donors (Lipinski definition) is 1. The number of fused-ring (bicyclic) bond motifs is 1. The van der Waals surface area contributed by atoms with E-state index in [0.717, 1.165) is 16.9 Å². The lowest BCUT2D eigenvalue weighted by atomic mass is 9.69. The number of rotatable bonds is 2. The largest absolute Gasteiger partial charge is 0.383 e. The highest BCUT2D eigenvalue weighted by atomic mass is 32.1. The quantitative estimate of drug-likeness (QED) is 0.908. The van der Waals surface area contributed by atoms with Crippen molar-refractivity contribution in [3.8, 4) is 6.07 Å². The van der Waals surface area contributed by atoms with E-state index in [2.05, 4.69) is 12.1 Å². The molecule has 2 aromatic rings. The maximum Gasteiger partial charge on any atom is 0.119 e. The third-order valence-corrected chi connectivity index (χ3v) is 5.35. The molecule has 3 rings (SSSR count). The Morgan fingerprint density at radius 2 is 2.11 bits per heavy atom. The van der Waals surface area contributed by atoms with E-state index in [1.54, 1.807) is 6.92 Å². The van der Waals surface area contributed by atoms with Gasteiger partial charge in [0.15, 0.2) is 0 Å². The highest BCUT2D eigenvalue weighted by Crippen LogP contribution is 2.51. The van der Waals surface area contributed by atoms with Crippen molar-refractivity contribution in [3.63, 3.8) is 0 Å². The molecule has 2 atom stereocenters. The Kier molecular flexibility index (Phi) is 2.74. The van der Waals surface area contributed by atoms with Gasteiger partial charge >= 0.3 is 0 Å². The Morgan fingerprint density at radius 3 is 2.79 bits per heavy atom. The molecule has 2 unspecified atom stereocenters. The van der Waals surface area contributed by atoms with Gasteiger partial charge in [0.1, 0.15) is 11.0 Å². The van der Waals surface area contributed by atoms with Crippen LogP contribution in [0.5, 0.6) is 0 Å². The van der Waals surface area contributed by atoms with Gasteiger partial charge in [0.05, 0.1) is 6.07 Å². The Labute approximate surface area is 116 Å². The van der Waals surface area contributed by atoms with Gasteiger partial charge in [-0.15, -0.1) is 11.3 Å². The van der Waals surface area contributed by atoms with E-state index in [4.69, 9.17) is 0 Å². The predicted octanol–water partition coefficient (Wildman–Crippen LogP) is 3.36. The first-order chi connectivity index (χ1) is 9.12. The van der Waals surface area contributed by atoms with E-state index < -0.39 is 11.0 Å². The predicted molar refractivity (Wildman–Crippen MR) is 75.9 cm³/mol. The summed E-state index contributed by atoms with van der Waals surface area (Å²) in [6, 6.07) is 14.2. The van der Waals surface area contributed by atoms with Gasteiger partial charge in [-0.05, 0) is 42.3 Å². The van der Waals surface area contributed by atoms with Crippen LogP contribution < -0.4 is 0 Å². The van der Waals surface area contributed by atoms with Crippen LogP contribution in [0.4, 0.5) is 0 Å². The molecule has 1 aromatic heterocycles. The Morgan fingerprint density at radius 1 is 1.32 bits per heavy atom. The van der Waals surface area contributed by atoms with Crippen molar-refractivity contribution in [1.29, 1.82) is 5.26 Å². The van der Waals surface area contributed by atoms with E-state index in [9.17, 15) is 10.4 Å². The van der Waals surface area contributed by atoms with Crippen LogP contribution in [0.2, 0.25) is 0 Å². The normalized spacial score (nSPS) is 24.5. The average Bonchev–Trinajstić information content (AvgIpc) is 3.07. The molecule has 1 N–H and O–H groups in total. The lowest BCUT2D eigenvalue weighted by Gasteiger charge is -2.37. The van der Waals surface area contributed by atoms with Crippen molar-refractivity contribution in [1.82, 2.24) is 0 Å². The molecule has 0 radical (unpaired) electrons. The van der Waals surface area contributed by atoms with E-state index >= 15 is 0 Å². The first kappa shape index (κ1) is 12.4. The third kappa shape index (κ3) is 1.57. The van der Waals surface area contributed by atoms with Gasteiger partial charge in [-0.1, -0.05) is 30.3 Å². The van der Waals surface area contributed by atoms with Gasteiger partial charge in [-0.3, -0.25) is 0 Å². The molecular weight excluding hydrogens is 254 g/mol. The number of benzene rings is 1. The molecule has 2 nitrogen and oxygen atoms in total. The number of nitrogens with zero attached hydrogens (tertiary/aromatic N) is 1. The molecule has 1 heterocycles. The standard InChI is InChI=1S/C16H15NOS/c1-15(18,14-7-4-10-19-14)16(11-17)9-8-12-5-2-3-6-13(12)16/h2-7,10,18H,8-9H2,1H3. The number of aryl methyl sites for hydroxylation is 1. The lowest BCUT2D eigenvalue weighted by molar-refractivity contribution is -0.000618. The van der Waals surface area contributed by atoms with Crippen molar-refractivity contribution < 1.29 is 5.11 Å². The summed E-state index contributed by atoms with van der Waals surface area (Å²) in [6.07, 6.45) is 1.53. The Bertz CT molecular complexity index is 639. The van der Waals surface area contributed by atoms with E-state index in [1.165, 1.54) is 16.9 Å². The lowest BCUT2D eigenvalue weighted by Crippen LogP contribution is -2.44. The maximum absolute atomic E-state index is 11.1. The fourth-order valence-corrected chi connectivity index (χ4v) is 3.97. The Hall–Kier alpha value is -1.63. The minimum absolute atomic E-state index is 0.674. The Balaban J connectivity index is 2.20. The van der Waals surface area contributed by atoms with E-state index in [0.29, 0.717) is 6.42 Å². The second-order valence-corrected chi connectivity index (χ2v) is 6.17. The van der Waals surface area contributed by atoms with Gasteiger partial charge in [-0.2, -0.15) is 5.26 Å². The molecule has 0 bridgehead atoms. The molecule has 0 spiro atoms. The maximum atomic E-state index is 11.1. The molecule has 0 amide bonds. The van der Waals surface area contributed by atoms with E-state index in [1.807, 2.05) is 35.7 Å². The molecule has 1 aliphatic rings. The first-order valence-corrected chi connectivity index (χ1v) is 7.26. The molecule has 0 fully saturated rings. The molecule has 3 heteroatoms. The summed E-state index contributed by atoms with van der Waals surface area (Å²) in [5.41, 5.74) is 0.175. The highest BCUT2D eigenvalue weighted by molar-refractivity contribution is 7.10. The highest BCUT2D eigenvalue weighted by Gasteiger charge is 2.53. The zero-order valence-electron chi connectivity index (χ0n) is 10.8.